The summed E-state index contributed by atoms with van der Waals surface area (Å²) in [4.78, 5) is 25.9. The van der Waals surface area contributed by atoms with Gasteiger partial charge < -0.3 is 9.84 Å². The van der Waals surface area contributed by atoms with Crippen LogP contribution in [0.5, 0.6) is 5.75 Å². The summed E-state index contributed by atoms with van der Waals surface area (Å²) in [5, 5.41) is 9.49. The predicted molar refractivity (Wildman–Crippen MR) is 79.8 cm³/mol. The highest BCUT2D eigenvalue weighted by Gasteiger charge is 2.10. The fourth-order valence-corrected chi connectivity index (χ4v) is 2.52. The molecule has 21 heavy (non-hydrogen) atoms. The first-order valence-corrected chi connectivity index (χ1v) is 7.16. The molecule has 1 N–H and O–H groups in total. The Bertz CT molecular complexity index is 732. The summed E-state index contributed by atoms with van der Waals surface area (Å²) in [6.07, 6.45) is 1.53. The third-order valence-electron chi connectivity index (χ3n) is 2.52. The van der Waals surface area contributed by atoms with E-state index in [0.29, 0.717) is 16.5 Å². The minimum atomic E-state index is -0.988. The minimum Gasteiger partial charge on any atom is -0.495 e. The van der Waals surface area contributed by atoms with Gasteiger partial charge in [-0.25, -0.2) is 0 Å². The number of nitrogens with zero attached hydrogens (tertiary/aromatic N) is 2. The van der Waals surface area contributed by atoms with Crippen molar-refractivity contribution in [1.29, 1.82) is 0 Å². The summed E-state index contributed by atoms with van der Waals surface area (Å²) in [5.74, 6) is -0.707. The van der Waals surface area contributed by atoms with Gasteiger partial charge in [0, 0.05) is 18.3 Å². The van der Waals surface area contributed by atoms with Crippen LogP contribution in [0.25, 0.3) is 5.69 Å². The SMILES string of the molecule is COc1cc(-n2ccc(=O)nc2SCC(=O)O)ccc1Cl. The lowest BCUT2D eigenvalue weighted by molar-refractivity contribution is -0.133. The third kappa shape index (κ3) is 3.77. The number of benzene rings is 1. The average molecular weight is 327 g/mol. The number of carboxylic acids is 1. The molecule has 0 aliphatic heterocycles. The van der Waals surface area contributed by atoms with E-state index in [0.717, 1.165) is 11.8 Å². The molecule has 8 heteroatoms. The molecule has 0 radical (unpaired) electrons. The van der Waals surface area contributed by atoms with Crippen LogP contribution in [0.15, 0.2) is 40.4 Å². The van der Waals surface area contributed by atoms with Gasteiger partial charge in [-0.3, -0.25) is 14.2 Å². The number of aliphatic carboxylic acids is 1. The van der Waals surface area contributed by atoms with Gasteiger partial charge in [-0.1, -0.05) is 23.4 Å². The zero-order valence-corrected chi connectivity index (χ0v) is 12.5. The van der Waals surface area contributed by atoms with Gasteiger partial charge in [0.15, 0.2) is 5.16 Å². The molecule has 0 bridgehead atoms. The fraction of sp³-hybridized carbons (Fsp3) is 0.154. The maximum Gasteiger partial charge on any atom is 0.313 e. The Morgan fingerprint density at radius 3 is 2.90 bits per heavy atom. The van der Waals surface area contributed by atoms with Gasteiger partial charge in [0.1, 0.15) is 5.75 Å². The third-order valence-corrected chi connectivity index (χ3v) is 3.77. The van der Waals surface area contributed by atoms with E-state index >= 15 is 0 Å². The number of hydrogen-bond acceptors (Lipinski definition) is 5. The van der Waals surface area contributed by atoms with Crippen LogP contribution in [0.3, 0.4) is 0 Å². The van der Waals surface area contributed by atoms with Gasteiger partial charge in [0.2, 0.25) is 0 Å². The summed E-state index contributed by atoms with van der Waals surface area (Å²) in [5.41, 5.74) is 0.233. The molecule has 1 heterocycles. The minimum absolute atomic E-state index is 0.193. The number of halogens is 1. The molecule has 2 rings (SSSR count). The molecule has 0 unspecified atom stereocenters. The number of carbonyl (C=O) groups is 1. The predicted octanol–water partition coefficient (Wildman–Crippen LogP) is 2.07. The van der Waals surface area contributed by atoms with Gasteiger partial charge in [-0.05, 0) is 12.1 Å². The Balaban J connectivity index is 2.47. The number of methoxy groups -OCH3 is 1. The average Bonchev–Trinajstić information content (AvgIpc) is 2.46. The second kappa shape index (κ2) is 6.64. The van der Waals surface area contributed by atoms with Crippen LogP contribution in [0.4, 0.5) is 0 Å². The van der Waals surface area contributed by atoms with E-state index in [1.807, 2.05) is 0 Å². The van der Waals surface area contributed by atoms with E-state index in [9.17, 15) is 9.59 Å². The van der Waals surface area contributed by atoms with Crippen LogP contribution in [0, 0.1) is 0 Å². The lowest BCUT2D eigenvalue weighted by Crippen LogP contribution is -2.13. The van der Waals surface area contributed by atoms with E-state index in [-0.39, 0.29) is 10.9 Å². The number of ether oxygens (including phenoxy) is 1. The highest BCUT2D eigenvalue weighted by atomic mass is 35.5. The number of thioether (sulfide) groups is 1. The van der Waals surface area contributed by atoms with E-state index in [2.05, 4.69) is 4.98 Å². The molecule has 0 saturated carbocycles. The van der Waals surface area contributed by atoms with Crippen molar-refractivity contribution in [2.75, 3.05) is 12.9 Å². The largest absolute Gasteiger partial charge is 0.495 e. The molecule has 1 aromatic carbocycles. The summed E-state index contributed by atoms with van der Waals surface area (Å²) >= 11 is 6.93. The van der Waals surface area contributed by atoms with Crippen LogP contribution in [0.2, 0.25) is 5.02 Å². The summed E-state index contributed by atoms with van der Waals surface area (Å²) < 4.78 is 6.75. The smallest absolute Gasteiger partial charge is 0.313 e. The zero-order chi connectivity index (χ0) is 15.4. The van der Waals surface area contributed by atoms with Gasteiger partial charge >= 0.3 is 5.97 Å². The standard InChI is InChI=1S/C13H11ClN2O4S/c1-20-10-6-8(2-3-9(10)14)16-5-4-11(17)15-13(16)21-7-12(18)19/h2-6H,7H2,1H3,(H,18,19). The Labute approximate surface area is 129 Å². The van der Waals surface area contributed by atoms with Crippen molar-refractivity contribution in [2.45, 2.75) is 5.16 Å². The quantitative estimate of drug-likeness (QED) is 0.669. The normalized spacial score (nSPS) is 10.4. The number of carboxylic acid groups (broad SMARTS) is 1. The van der Waals surface area contributed by atoms with Gasteiger partial charge in [0.05, 0.1) is 23.6 Å². The maximum absolute atomic E-state index is 11.4. The van der Waals surface area contributed by atoms with E-state index < -0.39 is 11.5 Å². The number of hydrogen-bond donors (Lipinski definition) is 1. The Hall–Kier alpha value is -1.99. The van der Waals surface area contributed by atoms with Crippen LogP contribution in [-0.2, 0) is 4.79 Å². The Morgan fingerprint density at radius 1 is 1.48 bits per heavy atom. The van der Waals surface area contributed by atoms with Gasteiger partial charge in [-0.2, -0.15) is 4.98 Å². The van der Waals surface area contributed by atoms with Crippen LogP contribution >= 0.6 is 23.4 Å². The molecule has 0 fully saturated rings. The zero-order valence-electron chi connectivity index (χ0n) is 10.9. The molecule has 0 spiro atoms. The van der Waals surface area contributed by atoms with Crippen molar-refractivity contribution in [3.63, 3.8) is 0 Å². The topological polar surface area (TPSA) is 81.4 Å². The first-order valence-electron chi connectivity index (χ1n) is 5.79. The number of aromatic nitrogens is 2. The summed E-state index contributed by atoms with van der Waals surface area (Å²) in [6, 6.07) is 6.35. The van der Waals surface area contributed by atoms with E-state index in [1.54, 1.807) is 22.8 Å². The van der Waals surface area contributed by atoms with Gasteiger partial charge in [-0.15, -0.1) is 0 Å². The van der Waals surface area contributed by atoms with E-state index in [4.69, 9.17) is 21.4 Å². The molecule has 6 nitrogen and oxygen atoms in total. The molecule has 1 aromatic heterocycles. The highest BCUT2D eigenvalue weighted by Crippen LogP contribution is 2.28. The second-order valence-corrected chi connectivity index (χ2v) is 5.27. The second-order valence-electron chi connectivity index (χ2n) is 3.92. The lowest BCUT2D eigenvalue weighted by Gasteiger charge is -2.12. The monoisotopic (exact) mass is 326 g/mol. The van der Waals surface area contributed by atoms with Crippen molar-refractivity contribution in [1.82, 2.24) is 9.55 Å². The fourth-order valence-electron chi connectivity index (χ4n) is 1.61. The molecule has 0 aliphatic rings. The summed E-state index contributed by atoms with van der Waals surface area (Å²) in [7, 11) is 1.49. The molecule has 110 valence electrons. The lowest BCUT2D eigenvalue weighted by atomic mass is 10.3. The van der Waals surface area contributed by atoms with Crippen LogP contribution < -0.4 is 10.3 Å². The molecular weight excluding hydrogens is 316 g/mol. The molecule has 0 saturated heterocycles. The molecule has 2 aromatic rings. The van der Waals surface area contributed by atoms with Crippen molar-refractivity contribution in [3.05, 3.63) is 45.8 Å². The van der Waals surface area contributed by atoms with Crippen LogP contribution in [-0.4, -0.2) is 33.5 Å². The molecule has 0 aliphatic carbocycles. The van der Waals surface area contributed by atoms with Gasteiger partial charge in [0.25, 0.3) is 5.56 Å². The van der Waals surface area contributed by atoms with Crippen molar-refractivity contribution < 1.29 is 14.6 Å². The Morgan fingerprint density at radius 2 is 2.24 bits per heavy atom. The Kier molecular flexibility index (Phi) is 4.87. The first-order chi connectivity index (χ1) is 10.0. The summed E-state index contributed by atoms with van der Waals surface area (Å²) in [6.45, 7) is 0. The van der Waals surface area contributed by atoms with Crippen LogP contribution in [0.1, 0.15) is 0 Å². The van der Waals surface area contributed by atoms with E-state index in [1.165, 1.54) is 19.4 Å². The first kappa shape index (κ1) is 15.4. The molecule has 0 amide bonds. The highest BCUT2D eigenvalue weighted by molar-refractivity contribution is 7.99. The van der Waals surface area contributed by atoms with Crippen molar-refractivity contribution in [2.24, 2.45) is 0 Å². The maximum atomic E-state index is 11.4. The van der Waals surface area contributed by atoms with Crippen molar-refractivity contribution >= 4 is 29.3 Å². The number of rotatable bonds is 5. The van der Waals surface area contributed by atoms with Crippen molar-refractivity contribution in [3.8, 4) is 11.4 Å². The molecular formula is C13H11ClN2O4S. The molecule has 0 atom stereocenters.